The van der Waals surface area contributed by atoms with Crippen molar-refractivity contribution < 1.29 is 4.79 Å². The maximum atomic E-state index is 12.3. The molecule has 1 aromatic heterocycles. The van der Waals surface area contributed by atoms with Gasteiger partial charge in [0.15, 0.2) is 10.6 Å². The van der Waals surface area contributed by atoms with E-state index in [1.807, 2.05) is 30.5 Å². The van der Waals surface area contributed by atoms with E-state index in [1.54, 1.807) is 28.8 Å². The van der Waals surface area contributed by atoms with E-state index in [0.717, 1.165) is 10.4 Å². The molecule has 0 spiro atoms. The zero-order valence-corrected chi connectivity index (χ0v) is 15.0. The van der Waals surface area contributed by atoms with Crippen LogP contribution in [0.1, 0.15) is 20.8 Å². The van der Waals surface area contributed by atoms with Crippen molar-refractivity contribution in [3.63, 3.8) is 0 Å². The van der Waals surface area contributed by atoms with Gasteiger partial charge < -0.3 is 4.57 Å². The molecule has 0 amide bonds. The Labute approximate surface area is 153 Å². The van der Waals surface area contributed by atoms with Gasteiger partial charge in [0.05, 0.1) is 6.54 Å². The second kappa shape index (κ2) is 7.34. The average Bonchev–Trinajstić information content (AvgIpc) is 2.91. The minimum absolute atomic E-state index is 0.0146. The van der Waals surface area contributed by atoms with Crippen LogP contribution in [0.5, 0.6) is 0 Å². The molecule has 0 fully saturated rings. The Morgan fingerprint density at radius 1 is 1.12 bits per heavy atom. The van der Waals surface area contributed by atoms with Crippen molar-refractivity contribution in [1.29, 1.82) is 5.41 Å². The molecule has 0 saturated heterocycles. The van der Waals surface area contributed by atoms with Crippen LogP contribution in [0.2, 0.25) is 10.0 Å². The first kappa shape index (κ1) is 17.0. The van der Waals surface area contributed by atoms with Crippen molar-refractivity contribution in [1.82, 2.24) is 4.57 Å². The number of thiazole rings is 1. The number of carbonyl (C=O) groups is 1. The first-order valence-electron chi connectivity index (χ1n) is 7.29. The molecular formula is C18H14Cl2N2OS. The number of aromatic nitrogens is 1. The lowest BCUT2D eigenvalue weighted by Gasteiger charge is -2.03. The molecule has 0 aliphatic carbocycles. The quantitative estimate of drug-likeness (QED) is 0.638. The zero-order chi connectivity index (χ0) is 17.1. The SMILES string of the molecule is N=c1sc(Cc2cc(Cl)ccc2Cl)cn1CC(=O)c1ccccc1. The molecule has 6 heteroatoms. The predicted molar refractivity (Wildman–Crippen MR) is 98.2 cm³/mol. The van der Waals surface area contributed by atoms with Crippen LogP contribution in [0.3, 0.4) is 0 Å². The molecule has 3 aromatic rings. The third-order valence-electron chi connectivity index (χ3n) is 3.57. The Bertz CT molecular complexity index is 932. The number of hydrogen-bond donors (Lipinski definition) is 1. The fourth-order valence-corrected chi connectivity index (χ4v) is 3.65. The molecule has 0 bridgehead atoms. The third-order valence-corrected chi connectivity index (χ3v) is 5.11. The number of halogens is 2. The van der Waals surface area contributed by atoms with Crippen molar-refractivity contribution in [2.45, 2.75) is 13.0 Å². The molecule has 0 saturated carbocycles. The summed E-state index contributed by atoms with van der Waals surface area (Å²) in [4.78, 5) is 13.6. The van der Waals surface area contributed by atoms with Crippen LogP contribution in [-0.2, 0) is 13.0 Å². The summed E-state index contributed by atoms with van der Waals surface area (Å²) in [5, 5.41) is 9.35. The Morgan fingerprint density at radius 3 is 2.62 bits per heavy atom. The molecule has 1 heterocycles. The van der Waals surface area contributed by atoms with E-state index in [0.29, 0.717) is 26.8 Å². The van der Waals surface area contributed by atoms with E-state index in [1.165, 1.54) is 11.3 Å². The van der Waals surface area contributed by atoms with Gasteiger partial charge in [0.25, 0.3) is 0 Å². The fourth-order valence-electron chi connectivity index (χ4n) is 2.38. The van der Waals surface area contributed by atoms with Gasteiger partial charge in [0.2, 0.25) is 0 Å². The summed E-state index contributed by atoms with van der Waals surface area (Å²) < 4.78 is 1.66. The molecule has 0 radical (unpaired) electrons. The average molecular weight is 377 g/mol. The molecular weight excluding hydrogens is 363 g/mol. The minimum atomic E-state index is -0.0146. The summed E-state index contributed by atoms with van der Waals surface area (Å²) >= 11 is 13.5. The molecule has 0 unspecified atom stereocenters. The highest BCUT2D eigenvalue weighted by atomic mass is 35.5. The van der Waals surface area contributed by atoms with Crippen molar-refractivity contribution in [2.75, 3.05) is 0 Å². The molecule has 0 aliphatic rings. The number of ketones is 1. The molecule has 2 aromatic carbocycles. The fraction of sp³-hybridized carbons (Fsp3) is 0.111. The number of carbonyl (C=O) groups excluding carboxylic acids is 1. The molecule has 0 atom stereocenters. The molecule has 24 heavy (non-hydrogen) atoms. The summed E-state index contributed by atoms with van der Waals surface area (Å²) in [5.41, 5.74) is 1.56. The van der Waals surface area contributed by atoms with Crippen LogP contribution < -0.4 is 4.80 Å². The smallest absolute Gasteiger partial charge is 0.182 e. The Hall–Kier alpha value is -1.88. The Kier molecular flexibility index (Phi) is 5.19. The maximum Gasteiger partial charge on any atom is 0.182 e. The van der Waals surface area contributed by atoms with E-state index in [4.69, 9.17) is 28.6 Å². The van der Waals surface area contributed by atoms with Gasteiger partial charge in [-0.25, -0.2) is 0 Å². The predicted octanol–water partition coefficient (Wildman–Crippen LogP) is 4.81. The van der Waals surface area contributed by atoms with Gasteiger partial charge in [-0.2, -0.15) is 0 Å². The van der Waals surface area contributed by atoms with Crippen LogP contribution in [0.25, 0.3) is 0 Å². The van der Waals surface area contributed by atoms with Crippen LogP contribution in [0.4, 0.5) is 0 Å². The summed E-state index contributed by atoms with van der Waals surface area (Å²) in [7, 11) is 0. The first-order valence-corrected chi connectivity index (χ1v) is 8.86. The van der Waals surface area contributed by atoms with E-state index in [2.05, 4.69) is 0 Å². The van der Waals surface area contributed by atoms with Gasteiger partial charge >= 0.3 is 0 Å². The highest BCUT2D eigenvalue weighted by molar-refractivity contribution is 7.09. The van der Waals surface area contributed by atoms with E-state index >= 15 is 0 Å². The molecule has 0 aliphatic heterocycles. The van der Waals surface area contributed by atoms with Gasteiger partial charge in [0.1, 0.15) is 0 Å². The van der Waals surface area contributed by atoms with E-state index < -0.39 is 0 Å². The van der Waals surface area contributed by atoms with Gasteiger partial charge in [-0.1, -0.05) is 53.5 Å². The summed E-state index contributed by atoms with van der Waals surface area (Å²) in [6.45, 7) is 0.155. The van der Waals surface area contributed by atoms with Crippen molar-refractivity contribution in [3.05, 3.63) is 85.6 Å². The van der Waals surface area contributed by atoms with Gasteiger partial charge in [0, 0.05) is 33.1 Å². The third kappa shape index (κ3) is 3.96. The van der Waals surface area contributed by atoms with E-state index in [9.17, 15) is 4.79 Å². The highest BCUT2D eigenvalue weighted by Gasteiger charge is 2.10. The lowest BCUT2D eigenvalue weighted by atomic mass is 10.1. The van der Waals surface area contributed by atoms with Crippen LogP contribution in [0.15, 0.2) is 54.7 Å². The number of nitrogens with zero attached hydrogens (tertiary/aromatic N) is 1. The Balaban J connectivity index is 1.79. The molecule has 3 nitrogen and oxygen atoms in total. The van der Waals surface area contributed by atoms with Crippen molar-refractivity contribution in [3.8, 4) is 0 Å². The summed E-state index contributed by atoms with van der Waals surface area (Å²) in [6, 6.07) is 14.4. The Morgan fingerprint density at radius 2 is 1.88 bits per heavy atom. The number of benzene rings is 2. The second-order valence-corrected chi connectivity index (χ2v) is 7.29. The number of rotatable bonds is 5. The van der Waals surface area contributed by atoms with Crippen LogP contribution in [0, 0.1) is 5.41 Å². The molecule has 122 valence electrons. The monoisotopic (exact) mass is 376 g/mol. The first-order chi connectivity index (χ1) is 11.5. The largest absolute Gasteiger partial charge is 0.316 e. The number of Topliss-reactive ketones (excluding diaryl/α,β-unsaturated/α-hetero) is 1. The summed E-state index contributed by atoms with van der Waals surface area (Å²) in [5.74, 6) is -0.0146. The topological polar surface area (TPSA) is 45.9 Å². The number of hydrogen-bond acceptors (Lipinski definition) is 3. The highest BCUT2D eigenvalue weighted by Crippen LogP contribution is 2.24. The van der Waals surface area contributed by atoms with Gasteiger partial charge in [-0.3, -0.25) is 10.2 Å². The van der Waals surface area contributed by atoms with Crippen LogP contribution in [-0.4, -0.2) is 10.4 Å². The zero-order valence-electron chi connectivity index (χ0n) is 12.6. The van der Waals surface area contributed by atoms with Crippen LogP contribution >= 0.6 is 34.5 Å². The van der Waals surface area contributed by atoms with E-state index in [-0.39, 0.29) is 12.3 Å². The molecule has 1 N–H and O–H groups in total. The molecule has 3 rings (SSSR count). The maximum absolute atomic E-state index is 12.3. The summed E-state index contributed by atoms with van der Waals surface area (Å²) in [6.07, 6.45) is 2.42. The second-order valence-electron chi connectivity index (χ2n) is 5.33. The minimum Gasteiger partial charge on any atom is -0.316 e. The lowest BCUT2D eigenvalue weighted by molar-refractivity contribution is 0.0971. The normalized spacial score (nSPS) is 10.8. The standard InChI is InChI=1S/C18H14Cl2N2OS/c19-14-6-7-16(20)13(8-14)9-15-10-22(18(21)24-15)11-17(23)12-4-2-1-3-5-12/h1-8,10,21H,9,11H2. The van der Waals surface area contributed by atoms with Gasteiger partial charge in [-0.15, -0.1) is 11.3 Å². The number of nitrogens with one attached hydrogen (secondary N) is 1. The van der Waals surface area contributed by atoms with Gasteiger partial charge in [-0.05, 0) is 23.8 Å². The lowest BCUT2D eigenvalue weighted by Crippen LogP contribution is -2.18. The van der Waals surface area contributed by atoms with Crippen molar-refractivity contribution >= 4 is 40.3 Å². The van der Waals surface area contributed by atoms with Crippen molar-refractivity contribution in [2.24, 2.45) is 0 Å².